The maximum absolute atomic E-state index is 13.1. The van der Waals surface area contributed by atoms with Gasteiger partial charge in [0, 0.05) is 37.3 Å². The van der Waals surface area contributed by atoms with Crippen LogP contribution in [0.1, 0.15) is 41.6 Å². The van der Waals surface area contributed by atoms with Gasteiger partial charge in [-0.3, -0.25) is 4.79 Å². The van der Waals surface area contributed by atoms with Crippen LogP contribution >= 0.6 is 23.2 Å². The molecule has 1 heterocycles. The number of halogens is 2. The number of hydrogen-bond acceptors (Lipinski definition) is 3. The second kappa shape index (κ2) is 9.47. The zero-order valence-corrected chi connectivity index (χ0v) is 18.6. The zero-order chi connectivity index (χ0) is 21.0. The van der Waals surface area contributed by atoms with Gasteiger partial charge >= 0.3 is 0 Å². The number of carbonyl (C=O) groups is 1. The Labute approximate surface area is 182 Å². The van der Waals surface area contributed by atoms with Crippen molar-refractivity contribution in [3.63, 3.8) is 0 Å². The Balaban J connectivity index is 1.83. The molecule has 2 aromatic carbocycles. The molecule has 0 bridgehead atoms. The molecule has 0 unspecified atom stereocenters. The quantitative estimate of drug-likeness (QED) is 0.649. The van der Waals surface area contributed by atoms with Crippen molar-refractivity contribution in [3.05, 3.63) is 63.6 Å². The smallest absolute Gasteiger partial charge is 0.253 e. The molecule has 0 N–H and O–H groups in total. The molecule has 2 aromatic rings. The van der Waals surface area contributed by atoms with Gasteiger partial charge in [0.2, 0.25) is 10.0 Å². The van der Waals surface area contributed by atoms with Gasteiger partial charge < -0.3 is 4.90 Å². The van der Waals surface area contributed by atoms with Gasteiger partial charge in [-0.05, 0) is 48.7 Å². The first-order chi connectivity index (χ1) is 13.8. The van der Waals surface area contributed by atoms with Crippen LogP contribution < -0.4 is 0 Å². The van der Waals surface area contributed by atoms with Crippen LogP contribution in [0.4, 0.5) is 0 Å². The van der Waals surface area contributed by atoms with E-state index >= 15 is 0 Å². The first kappa shape index (κ1) is 22.1. The second-order valence-electron chi connectivity index (χ2n) is 7.25. The average molecular weight is 455 g/mol. The van der Waals surface area contributed by atoms with E-state index in [9.17, 15) is 13.2 Å². The van der Waals surface area contributed by atoms with Crippen LogP contribution in [0, 0.1) is 0 Å². The molecule has 29 heavy (non-hydrogen) atoms. The van der Waals surface area contributed by atoms with Crippen LogP contribution in [-0.4, -0.2) is 43.7 Å². The van der Waals surface area contributed by atoms with Crippen LogP contribution in [0.2, 0.25) is 10.0 Å². The van der Waals surface area contributed by atoms with Crippen molar-refractivity contribution in [2.75, 3.05) is 20.1 Å². The highest BCUT2D eigenvalue weighted by Gasteiger charge is 2.28. The van der Waals surface area contributed by atoms with Crippen molar-refractivity contribution in [1.29, 1.82) is 0 Å². The van der Waals surface area contributed by atoms with E-state index in [-0.39, 0.29) is 15.8 Å². The average Bonchev–Trinajstić information content (AvgIpc) is 2.99. The van der Waals surface area contributed by atoms with Gasteiger partial charge in [0.15, 0.2) is 0 Å². The molecule has 1 saturated heterocycles. The Kier molecular flexibility index (Phi) is 7.22. The molecular formula is C21H24Cl2N2O3S. The minimum absolute atomic E-state index is 0.00758. The van der Waals surface area contributed by atoms with Gasteiger partial charge in [0.05, 0.1) is 5.02 Å². The van der Waals surface area contributed by atoms with E-state index in [2.05, 4.69) is 0 Å². The predicted octanol–water partition coefficient (Wildman–Crippen LogP) is 4.83. The molecule has 1 aliphatic heterocycles. The van der Waals surface area contributed by atoms with E-state index in [4.69, 9.17) is 23.2 Å². The third kappa shape index (κ3) is 5.31. The third-order valence-electron chi connectivity index (χ3n) is 5.04. The van der Waals surface area contributed by atoms with Gasteiger partial charge in [0.25, 0.3) is 5.91 Å². The second-order valence-corrected chi connectivity index (χ2v) is 10.0. The molecule has 0 aliphatic carbocycles. The monoisotopic (exact) mass is 454 g/mol. The summed E-state index contributed by atoms with van der Waals surface area (Å²) in [6.07, 6.45) is 3.71. The van der Waals surface area contributed by atoms with Crippen LogP contribution in [0.3, 0.4) is 0 Å². The Hall–Kier alpha value is -1.60. The lowest BCUT2D eigenvalue weighted by Gasteiger charge is -2.22. The fraction of sp³-hybridized carbons (Fsp3) is 0.381. The van der Waals surface area contributed by atoms with Gasteiger partial charge in [-0.25, -0.2) is 8.42 Å². The Bertz CT molecular complexity index is 970. The molecule has 0 aromatic heterocycles. The summed E-state index contributed by atoms with van der Waals surface area (Å²) >= 11 is 12.1. The highest BCUT2D eigenvalue weighted by Crippen LogP contribution is 2.28. The Morgan fingerprint density at radius 3 is 2.24 bits per heavy atom. The lowest BCUT2D eigenvalue weighted by atomic mass is 10.1. The molecule has 1 fully saturated rings. The molecule has 0 spiro atoms. The van der Waals surface area contributed by atoms with E-state index in [0.29, 0.717) is 30.2 Å². The number of sulfonamides is 1. The first-order valence-corrected chi connectivity index (χ1v) is 11.8. The molecule has 8 heteroatoms. The Morgan fingerprint density at radius 2 is 1.62 bits per heavy atom. The number of nitrogens with zero attached hydrogens (tertiary/aromatic N) is 2. The van der Waals surface area contributed by atoms with Crippen molar-refractivity contribution in [2.24, 2.45) is 0 Å². The molecule has 156 valence electrons. The topological polar surface area (TPSA) is 57.7 Å². The summed E-state index contributed by atoms with van der Waals surface area (Å²) in [5.41, 5.74) is 1.22. The van der Waals surface area contributed by atoms with Crippen molar-refractivity contribution in [2.45, 2.75) is 37.1 Å². The van der Waals surface area contributed by atoms with Crippen molar-refractivity contribution < 1.29 is 13.2 Å². The summed E-state index contributed by atoms with van der Waals surface area (Å²) in [5.74, 6) is -0.274. The number of rotatable bonds is 5. The fourth-order valence-electron chi connectivity index (χ4n) is 3.41. The fourth-order valence-corrected chi connectivity index (χ4v) is 5.55. The van der Waals surface area contributed by atoms with Gasteiger partial charge in [0.1, 0.15) is 4.90 Å². The summed E-state index contributed by atoms with van der Waals surface area (Å²) in [7, 11) is -2.07. The van der Waals surface area contributed by atoms with Crippen LogP contribution in [0.15, 0.2) is 47.4 Å². The molecule has 0 saturated carbocycles. The van der Waals surface area contributed by atoms with E-state index < -0.39 is 10.0 Å². The maximum atomic E-state index is 13.1. The molecule has 5 nitrogen and oxygen atoms in total. The predicted molar refractivity (Wildman–Crippen MR) is 116 cm³/mol. The first-order valence-electron chi connectivity index (χ1n) is 9.58. The highest BCUT2D eigenvalue weighted by atomic mass is 35.5. The molecule has 3 rings (SSSR count). The minimum Gasteiger partial charge on any atom is -0.337 e. The van der Waals surface area contributed by atoms with Crippen molar-refractivity contribution >= 4 is 39.1 Å². The summed E-state index contributed by atoms with van der Waals surface area (Å²) < 4.78 is 27.7. The normalized spacial score (nSPS) is 15.7. The van der Waals surface area contributed by atoms with Crippen molar-refractivity contribution in [1.82, 2.24) is 9.21 Å². The summed E-state index contributed by atoms with van der Waals surface area (Å²) in [5, 5.41) is 0.759. The standard InChI is InChI=1S/C21H24Cl2N2O3S/c1-24(15-16-6-9-18(22)10-7-16)21(26)17-8-11-19(23)20(14-17)29(27,28)25-12-4-2-3-5-13-25/h6-11,14H,2-5,12-13,15H2,1H3. The van der Waals surface area contributed by atoms with Gasteiger partial charge in [-0.1, -0.05) is 48.2 Å². The number of hydrogen-bond donors (Lipinski definition) is 0. The van der Waals surface area contributed by atoms with Crippen LogP contribution in [-0.2, 0) is 16.6 Å². The minimum atomic E-state index is -3.75. The SMILES string of the molecule is CN(Cc1ccc(Cl)cc1)C(=O)c1ccc(Cl)c(S(=O)(=O)N2CCCCCC2)c1. The molecule has 1 amide bonds. The summed E-state index contributed by atoms with van der Waals surface area (Å²) in [4.78, 5) is 14.4. The molecule has 0 radical (unpaired) electrons. The highest BCUT2D eigenvalue weighted by molar-refractivity contribution is 7.89. The number of amides is 1. The van der Waals surface area contributed by atoms with E-state index in [1.54, 1.807) is 25.2 Å². The lowest BCUT2D eigenvalue weighted by molar-refractivity contribution is 0.0785. The summed E-state index contributed by atoms with van der Waals surface area (Å²) in [6, 6.07) is 11.7. The van der Waals surface area contributed by atoms with Crippen molar-refractivity contribution in [3.8, 4) is 0 Å². The van der Waals surface area contributed by atoms with Gasteiger partial charge in [-0.15, -0.1) is 0 Å². The summed E-state index contributed by atoms with van der Waals surface area (Å²) in [6.45, 7) is 1.34. The molecule has 0 atom stereocenters. The van der Waals surface area contributed by atoms with Crippen LogP contribution in [0.25, 0.3) is 0 Å². The molecular weight excluding hydrogens is 431 g/mol. The van der Waals surface area contributed by atoms with E-state index in [1.165, 1.54) is 21.3 Å². The largest absolute Gasteiger partial charge is 0.337 e. The van der Waals surface area contributed by atoms with Gasteiger partial charge in [-0.2, -0.15) is 4.31 Å². The zero-order valence-electron chi connectivity index (χ0n) is 16.3. The Morgan fingerprint density at radius 1 is 1.00 bits per heavy atom. The number of carbonyl (C=O) groups excluding carboxylic acids is 1. The third-order valence-corrected chi connectivity index (χ3v) is 7.67. The molecule has 1 aliphatic rings. The lowest BCUT2D eigenvalue weighted by Crippen LogP contribution is -2.32. The number of benzene rings is 2. The van der Waals surface area contributed by atoms with Crippen LogP contribution in [0.5, 0.6) is 0 Å². The maximum Gasteiger partial charge on any atom is 0.253 e. The van der Waals surface area contributed by atoms with E-state index in [0.717, 1.165) is 31.2 Å². The van der Waals surface area contributed by atoms with E-state index in [1.807, 2.05) is 12.1 Å².